The number of aromatic nitrogens is 2. The summed E-state index contributed by atoms with van der Waals surface area (Å²) in [6.45, 7) is 4.21. The summed E-state index contributed by atoms with van der Waals surface area (Å²) in [5, 5.41) is 2.98. The second-order valence-electron chi connectivity index (χ2n) is 5.68. The maximum absolute atomic E-state index is 13.2. The fraction of sp³-hybridized carbons (Fsp3) is 0.375. The molecule has 6 heteroatoms. The van der Waals surface area contributed by atoms with Gasteiger partial charge in [-0.1, -0.05) is 6.92 Å². The van der Waals surface area contributed by atoms with E-state index in [0.29, 0.717) is 11.5 Å². The fourth-order valence-electron chi connectivity index (χ4n) is 2.55. The van der Waals surface area contributed by atoms with Gasteiger partial charge >= 0.3 is 0 Å². The monoisotopic (exact) mass is 304 g/mol. The van der Waals surface area contributed by atoms with Crippen molar-refractivity contribution in [1.82, 2.24) is 9.97 Å². The first kappa shape index (κ1) is 14.7. The summed E-state index contributed by atoms with van der Waals surface area (Å²) < 4.78 is 26.2. The summed E-state index contributed by atoms with van der Waals surface area (Å²) in [7, 11) is 0. The molecule has 1 aliphatic heterocycles. The number of hydrogen-bond donors (Lipinski definition) is 1. The Morgan fingerprint density at radius 1 is 1.09 bits per heavy atom. The van der Waals surface area contributed by atoms with Crippen molar-refractivity contribution in [3.05, 3.63) is 42.2 Å². The summed E-state index contributed by atoms with van der Waals surface area (Å²) in [4.78, 5) is 10.7. The molecule has 116 valence electrons. The van der Waals surface area contributed by atoms with E-state index in [2.05, 4.69) is 27.1 Å². The van der Waals surface area contributed by atoms with Gasteiger partial charge in [-0.25, -0.2) is 18.7 Å². The highest BCUT2D eigenvalue weighted by Crippen LogP contribution is 2.24. The van der Waals surface area contributed by atoms with Gasteiger partial charge in [0.15, 0.2) is 11.6 Å². The third kappa shape index (κ3) is 3.32. The molecular formula is C16H18F2N4. The SMILES string of the molecule is CC1CCN(c2cc(Nc3ccc(F)c(F)c3)ncn2)CC1. The predicted molar refractivity (Wildman–Crippen MR) is 82.3 cm³/mol. The molecule has 1 aromatic carbocycles. The first-order valence-electron chi connectivity index (χ1n) is 7.41. The third-order valence-electron chi connectivity index (χ3n) is 3.95. The third-order valence-corrected chi connectivity index (χ3v) is 3.95. The maximum atomic E-state index is 13.2. The Hall–Kier alpha value is -2.24. The smallest absolute Gasteiger partial charge is 0.160 e. The van der Waals surface area contributed by atoms with Gasteiger partial charge in [0.25, 0.3) is 0 Å². The Kier molecular flexibility index (Phi) is 4.18. The molecular weight excluding hydrogens is 286 g/mol. The summed E-state index contributed by atoms with van der Waals surface area (Å²) in [6, 6.07) is 5.51. The van der Waals surface area contributed by atoms with E-state index in [1.54, 1.807) is 0 Å². The standard InChI is InChI=1S/C16H18F2N4/c1-11-4-6-22(7-5-11)16-9-15(19-10-20-16)21-12-2-3-13(17)14(18)8-12/h2-3,8-11H,4-7H2,1H3,(H,19,20,21). The summed E-state index contributed by atoms with van der Waals surface area (Å²) in [5.41, 5.74) is 0.454. The van der Waals surface area contributed by atoms with Crippen LogP contribution in [0.3, 0.4) is 0 Å². The molecule has 22 heavy (non-hydrogen) atoms. The van der Waals surface area contributed by atoms with Crippen LogP contribution in [-0.4, -0.2) is 23.1 Å². The van der Waals surface area contributed by atoms with E-state index in [9.17, 15) is 8.78 Å². The number of nitrogens with one attached hydrogen (secondary N) is 1. The van der Waals surface area contributed by atoms with Crippen LogP contribution in [0.1, 0.15) is 19.8 Å². The molecule has 0 saturated carbocycles. The van der Waals surface area contributed by atoms with Gasteiger partial charge in [0.2, 0.25) is 0 Å². The van der Waals surface area contributed by atoms with Crippen LogP contribution in [-0.2, 0) is 0 Å². The van der Waals surface area contributed by atoms with E-state index < -0.39 is 11.6 Å². The zero-order valence-corrected chi connectivity index (χ0v) is 12.4. The molecule has 0 radical (unpaired) electrons. The molecule has 1 aromatic heterocycles. The molecule has 2 aromatic rings. The molecule has 3 rings (SSSR count). The Morgan fingerprint density at radius 2 is 1.86 bits per heavy atom. The topological polar surface area (TPSA) is 41.0 Å². The average Bonchev–Trinajstić information content (AvgIpc) is 2.52. The van der Waals surface area contributed by atoms with E-state index in [1.807, 2.05) is 6.07 Å². The van der Waals surface area contributed by atoms with Crippen molar-refractivity contribution in [2.45, 2.75) is 19.8 Å². The first-order chi connectivity index (χ1) is 10.6. The van der Waals surface area contributed by atoms with Gasteiger partial charge in [0, 0.05) is 30.9 Å². The normalized spacial score (nSPS) is 15.9. The second kappa shape index (κ2) is 6.25. The van der Waals surface area contributed by atoms with Crippen LogP contribution < -0.4 is 10.2 Å². The number of rotatable bonds is 3. The maximum Gasteiger partial charge on any atom is 0.160 e. The molecule has 0 atom stereocenters. The molecule has 0 aliphatic carbocycles. The molecule has 0 bridgehead atoms. The van der Waals surface area contributed by atoms with Crippen molar-refractivity contribution >= 4 is 17.3 Å². The Labute approximate surface area is 128 Å². The molecule has 4 nitrogen and oxygen atoms in total. The van der Waals surface area contributed by atoms with Crippen molar-refractivity contribution in [1.29, 1.82) is 0 Å². The van der Waals surface area contributed by atoms with E-state index in [-0.39, 0.29) is 0 Å². The van der Waals surface area contributed by atoms with Gasteiger partial charge in [-0.05, 0) is 30.9 Å². The molecule has 0 amide bonds. The van der Waals surface area contributed by atoms with E-state index in [0.717, 1.165) is 49.8 Å². The lowest BCUT2D eigenvalue weighted by molar-refractivity contribution is 0.436. The van der Waals surface area contributed by atoms with Crippen molar-refractivity contribution < 1.29 is 8.78 Å². The zero-order chi connectivity index (χ0) is 15.5. The Balaban J connectivity index is 1.74. The van der Waals surface area contributed by atoms with Crippen LogP contribution in [0.15, 0.2) is 30.6 Å². The van der Waals surface area contributed by atoms with Crippen LogP contribution in [0.2, 0.25) is 0 Å². The average molecular weight is 304 g/mol. The number of halogens is 2. The van der Waals surface area contributed by atoms with E-state index in [1.165, 1.54) is 12.4 Å². The molecule has 2 heterocycles. The quantitative estimate of drug-likeness (QED) is 0.938. The lowest BCUT2D eigenvalue weighted by Gasteiger charge is -2.31. The van der Waals surface area contributed by atoms with Gasteiger partial charge in [-0.2, -0.15) is 0 Å². The van der Waals surface area contributed by atoms with Crippen molar-refractivity contribution in [3.8, 4) is 0 Å². The molecule has 1 N–H and O–H groups in total. The van der Waals surface area contributed by atoms with Crippen LogP contribution in [0.5, 0.6) is 0 Å². The number of anilines is 3. The van der Waals surface area contributed by atoms with E-state index in [4.69, 9.17) is 0 Å². The summed E-state index contributed by atoms with van der Waals surface area (Å²) in [5.74, 6) is 0.417. The van der Waals surface area contributed by atoms with Crippen LogP contribution >= 0.6 is 0 Å². The van der Waals surface area contributed by atoms with Crippen molar-refractivity contribution in [2.75, 3.05) is 23.3 Å². The number of nitrogens with zero attached hydrogens (tertiary/aromatic N) is 3. The largest absolute Gasteiger partial charge is 0.356 e. The predicted octanol–water partition coefficient (Wildman–Crippen LogP) is 3.73. The van der Waals surface area contributed by atoms with Gasteiger partial charge in [-0.3, -0.25) is 0 Å². The van der Waals surface area contributed by atoms with Crippen molar-refractivity contribution in [2.24, 2.45) is 5.92 Å². The number of piperidine rings is 1. The van der Waals surface area contributed by atoms with Crippen LogP contribution in [0.4, 0.5) is 26.1 Å². The van der Waals surface area contributed by atoms with Gasteiger partial charge in [-0.15, -0.1) is 0 Å². The fourth-order valence-corrected chi connectivity index (χ4v) is 2.55. The Morgan fingerprint density at radius 3 is 2.59 bits per heavy atom. The number of hydrogen-bond acceptors (Lipinski definition) is 4. The second-order valence-corrected chi connectivity index (χ2v) is 5.68. The molecule has 1 saturated heterocycles. The zero-order valence-electron chi connectivity index (χ0n) is 12.4. The van der Waals surface area contributed by atoms with Gasteiger partial charge in [0.05, 0.1) is 0 Å². The first-order valence-corrected chi connectivity index (χ1v) is 7.41. The molecule has 1 fully saturated rings. The molecule has 0 unspecified atom stereocenters. The lowest BCUT2D eigenvalue weighted by Crippen LogP contribution is -2.33. The van der Waals surface area contributed by atoms with Crippen LogP contribution in [0, 0.1) is 17.6 Å². The molecule has 0 spiro atoms. The highest BCUT2D eigenvalue weighted by molar-refractivity contribution is 5.59. The van der Waals surface area contributed by atoms with Crippen LogP contribution in [0.25, 0.3) is 0 Å². The highest BCUT2D eigenvalue weighted by atomic mass is 19.2. The lowest BCUT2D eigenvalue weighted by atomic mass is 9.99. The minimum atomic E-state index is -0.885. The molecule has 1 aliphatic rings. The van der Waals surface area contributed by atoms with Gasteiger partial charge in [0.1, 0.15) is 18.0 Å². The Bertz CT molecular complexity index is 654. The van der Waals surface area contributed by atoms with Crippen molar-refractivity contribution in [3.63, 3.8) is 0 Å². The minimum absolute atomic E-state index is 0.454. The summed E-state index contributed by atoms with van der Waals surface area (Å²) in [6.07, 6.45) is 3.78. The van der Waals surface area contributed by atoms with Gasteiger partial charge < -0.3 is 10.2 Å². The number of benzene rings is 1. The highest BCUT2D eigenvalue weighted by Gasteiger charge is 2.17. The minimum Gasteiger partial charge on any atom is -0.356 e. The van der Waals surface area contributed by atoms with E-state index >= 15 is 0 Å². The summed E-state index contributed by atoms with van der Waals surface area (Å²) >= 11 is 0.